The number of halogens is 1. The average Bonchev–Trinajstić information content (AvgIpc) is 2.17. The molecule has 0 aromatic carbocycles. The molecule has 0 bridgehead atoms. The first-order valence-corrected chi connectivity index (χ1v) is 3.00. The Morgan fingerprint density at radius 1 is 1.67 bits per heavy atom. The number of alkyl halides is 1. The molecular formula is C5H5ClO3. The Hall–Kier alpha value is -0.700. The van der Waals surface area contributed by atoms with Gasteiger partial charge in [-0.2, -0.15) is 0 Å². The molecule has 0 aliphatic carbocycles. The monoisotopic (exact) mass is 148 g/mol. The van der Waals surface area contributed by atoms with Crippen molar-refractivity contribution in [1.82, 2.24) is 0 Å². The Labute approximate surface area is 56.2 Å². The maximum Gasteiger partial charge on any atom is 0.518 e. The molecule has 0 amide bonds. The highest BCUT2D eigenvalue weighted by atomic mass is 35.5. The SMILES string of the molecule is O=c1occ(CCCl)o1. The summed E-state index contributed by atoms with van der Waals surface area (Å²) in [6, 6.07) is 0. The third-order valence-corrected chi connectivity index (χ3v) is 1.03. The zero-order valence-electron chi connectivity index (χ0n) is 4.59. The highest BCUT2D eigenvalue weighted by Gasteiger charge is 1.97. The summed E-state index contributed by atoms with van der Waals surface area (Å²) in [6.45, 7) is 0. The highest BCUT2D eigenvalue weighted by molar-refractivity contribution is 6.17. The smallest absolute Gasteiger partial charge is 0.399 e. The van der Waals surface area contributed by atoms with Crippen LogP contribution in [0.3, 0.4) is 0 Å². The average molecular weight is 149 g/mol. The van der Waals surface area contributed by atoms with Gasteiger partial charge >= 0.3 is 5.82 Å². The van der Waals surface area contributed by atoms with Gasteiger partial charge < -0.3 is 8.83 Å². The molecule has 0 N–H and O–H groups in total. The Kier molecular flexibility index (Phi) is 1.95. The molecule has 1 aromatic rings. The van der Waals surface area contributed by atoms with E-state index in [0.29, 0.717) is 18.1 Å². The fraction of sp³-hybridized carbons (Fsp3) is 0.400. The molecule has 0 fully saturated rings. The Morgan fingerprint density at radius 2 is 2.44 bits per heavy atom. The number of aryl methyl sites for hydroxylation is 1. The van der Waals surface area contributed by atoms with E-state index in [1.165, 1.54) is 6.26 Å². The van der Waals surface area contributed by atoms with Crippen molar-refractivity contribution in [2.45, 2.75) is 6.42 Å². The van der Waals surface area contributed by atoms with Gasteiger partial charge in [-0.25, -0.2) is 4.79 Å². The van der Waals surface area contributed by atoms with Crippen molar-refractivity contribution in [3.63, 3.8) is 0 Å². The quantitative estimate of drug-likeness (QED) is 0.588. The molecule has 4 heteroatoms. The second kappa shape index (κ2) is 2.73. The third-order valence-electron chi connectivity index (χ3n) is 0.842. The van der Waals surface area contributed by atoms with Crippen LogP contribution in [0.1, 0.15) is 5.76 Å². The first kappa shape index (κ1) is 6.42. The normalized spacial score (nSPS) is 9.89. The lowest BCUT2D eigenvalue weighted by Crippen LogP contribution is -1.87. The van der Waals surface area contributed by atoms with Crippen LogP contribution in [0.15, 0.2) is 19.9 Å². The van der Waals surface area contributed by atoms with Crippen molar-refractivity contribution in [1.29, 1.82) is 0 Å². The van der Waals surface area contributed by atoms with Crippen LogP contribution in [0, 0.1) is 0 Å². The highest BCUT2D eigenvalue weighted by Crippen LogP contribution is 1.96. The molecule has 1 aromatic heterocycles. The number of hydrogen-bond acceptors (Lipinski definition) is 3. The minimum atomic E-state index is -0.671. The summed E-state index contributed by atoms with van der Waals surface area (Å²) in [5.41, 5.74) is 0. The van der Waals surface area contributed by atoms with E-state index >= 15 is 0 Å². The van der Waals surface area contributed by atoms with Gasteiger partial charge in [0.05, 0.1) is 0 Å². The second-order valence-electron chi connectivity index (χ2n) is 1.49. The van der Waals surface area contributed by atoms with Crippen LogP contribution in [0.2, 0.25) is 0 Å². The van der Waals surface area contributed by atoms with E-state index in [0.717, 1.165) is 0 Å². The predicted molar refractivity (Wildman–Crippen MR) is 31.7 cm³/mol. The van der Waals surface area contributed by atoms with Gasteiger partial charge in [0.15, 0.2) is 0 Å². The molecule has 9 heavy (non-hydrogen) atoms. The lowest BCUT2D eigenvalue weighted by atomic mass is 10.4. The van der Waals surface area contributed by atoms with Gasteiger partial charge in [-0.1, -0.05) is 0 Å². The third kappa shape index (κ3) is 1.61. The maximum absolute atomic E-state index is 10.2. The standard InChI is InChI=1S/C5H5ClO3/c6-2-1-4-3-8-5(7)9-4/h3H,1-2H2. The molecule has 1 rings (SSSR count). The van der Waals surface area contributed by atoms with E-state index in [-0.39, 0.29) is 0 Å². The fourth-order valence-corrected chi connectivity index (χ4v) is 0.658. The van der Waals surface area contributed by atoms with Gasteiger partial charge in [-0.05, 0) is 0 Å². The zero-order chi connectivity index (χ0) is 6.69. The molecule has 50 valence electrons. The first-order chi connectivity index (χ1) is 4.33. The molecule has 0 saturated heterocycles. The minimum absolute atomic E-state index is 0.433. The van der Waals surface area contributed by atoms with Crippen LogP contribution in [-0.2, 0) is 6.42 Å². The Morgan fingerprint density at radius 3 is 2.89 bits per heavy atom. The van der Waals surface area contributed by atoms with Crippen LogP contribution in [0.5, 0.6) is 0 Å². The first-order valence-electron chi connectivity index (χ1n) is 2.46. The topological polar surface area (TPSA) is 43.4 Å². The molecule has 3 nitrogen and oxygen atoms in total. The minimum Gasteiger partial charge on any atom is -0.399 e. The zero-order valence-corrected chi connectivity index (χ0v) is 5.35. The summed E-state index contributed by atoms with van der Waals surface area (Å²) in [5.74, 6) is 0.257. The summed E-state index contributed by atoms with van der Waals surface area (Å²) in [6.07, 6.45) is 1.80. The van der Waals surface area contributed by atoms with Crippen LogP contribution in [0.4, 0.5) is 0 Å². The summed E-state index contributed by atoms with van der Waals surface area (Å²) < 4.78 is 8.85. The molecule has 0 aliphatic heterocycles. The van der Waals surface area contributed by atoms with Gasteiger partial charge in [0.25, 0.3) is 0 Å². The van der Waals surface area contributed by atoms with Crippen LogP contribution in [0.25, 0.3) is 0 Å². The number of hydrogen-bond donors (Lipinski definition) is 0. The summed E-state index contributed by atoms with van der Waals surface area (Å²) in [4.78, 5) is 10.2. The molecule has 0 spiro atoms. The van der Waals surface area contributed by atoms with Crippen molar-refractivity contribution >= 4 is 11.6 Å². The summed E-state index contributed by atoms with van der Waals surface area (Å²) >= 11 is 5.34. The van der Waals surface area contributed by atoms with E-state index in [1.807, 2.05) is 0 Å². The maximum atomic E-state index is 10.2. The van der Waals surface area contributed by atoms with Gasteiger partial charge in [-0.3, -0.25) is 0 Å². The van der Waals surface area contributed by atoms with Crippen molar-refractivity contribution in [3.05, 3.63) is 22.6 Å². The van der Waals surface area contributed by atoms with E-state index in [4.69, 9.17) is 11.6 Å². The van der Waals surface area contributed by atoms with Gasteiger partial charge in [0, 0.05) is 12.3 Å². The van der Waals surface area contributed by atoms with E-state index < -0.39 is 5.82 Å². The van der Waals surface area contributed by atoms with Gasteiger partial charge in [0.2, 0.25) is 0 Å². The largest absolute Gasteiger partial charge is 0.518 e. The van der Waals surface area contributed by atoms with E-state index in [9.17, 15) is 4.79 Å². The van der Waals surface area contributed by atoms with E-state index in [1.54, 1.807) is 0 Å². The molecule has 0 saturated carbocycles. The fourth-order valence-electron chi connectivity index (χ4n) is 0.472. The van der Waals surface area contributed by atoms with Crippen molar-refractivity contribution < 1.29 is 8.83 Å². The van der Waals surface area contributed by atoms with E-state index in [2.05, 4.69) is 8.83 Å². The van der Waals surface area contributed by atoms with Crippen molar-refractivity contribution in [2.24, 2.45) is 0 Å². The van der Waals surface area contributed by atoms with Gasteiger partial charge in [-0.15, -0.1) is 11.6 Å². The van der Waals surface area contributed by atoms with Gasteiger partial charge in [0.1, 0.15) is 12.0 Å². The molecule has 0 aliphatic rings. The molecule has 1 heterocycles. The van der Waals surface area contributed by atoms with Crippen molar-refractivity contribution in [2.75, 3.05) is 5.88 Å². The summed E-state index contributed by atoms with van der Waals surface area (Å²) in [5, 5.41) is 0. The Bertz CT molecular complexity index is 224. The van der Waals surface area contributed by atoms with Crippen LogP contribution >= 0.6 is 11.6 Å². The number of rotatable bonds is 2. The Balaban J connectivity index is 2.73. The van der Waals surface area contributed by atoms with Crippen LogP contribution < -0.4 is 5.82 Å². The lowest BCUT2D eigenvalue weighted by molar-refractivity contribution is 0.375. The van der Waals surface area contributed by atoms with Crippen LogP contribution in [-0.4, -0.2) is 5.88 Å². The molecular weight excluding hydrogens is 144 g/mol. The molecule has 0 radical (unpaired) electrons. The molecule has 0 unspecified atom stereocenters. The lowest BCUT2D eigenvalue weighted by Gasteiger charge is -1.80. The predicted octanol–water partition coefficient (Wildman–Crippen LogP) is 1.01. The molecule has 0 atom stereocenters. The second-order valence-corrected chi connectivity index (χ2v) is 1.87. The van der Waals surface area contributed by atoms with Crippen molar-refractivity contribution in [3.8, 4) is 0 Å². The summed E-state index contributed by atoms with van der Waals surface area (Å²) in [7, 11) is 0.